The van der Waals surface area contributed by atoms with Crippen LogP contribution in [0.3, 0.4) is 0 Å². The molecule has 1 amide bonds. The van der Waals surface area contributed by atoms with Gasteiger partial charge in [0.05, 0.1) is 18.0 Å². The van der Waals surface area contributed by atoms with Crippen molar-refractivity contribution in [2.24, 2.45) is 0 Å². The summed E-state index contributed by atoms with van der Waals surface area (Å²) in [6, 6.07) is 19.8. The average Bonchev–Trinajstić information content (AvgIpc) is 3.44. The maximum absolute atomic E-state index is 13.1. The first-order valence-corrected chi connectivity index (χ1v) is 10.2. The van der Waals surface area contributed by atoms with Crippen LogP contribution in [0.5, 0.6) is 0 Å². The third kappa shape index (κ3) is 3.41. The fourth-order valence-electron chi connectivity index (χ4n) is 4.04. The molecule has 0 spiro atoms. The number of amides is 1. The first kappa shape index (κ1) is 18.4. The van der Waals surface area contributed by atoms with Gasteiger partial charge >= 0.3 is 0 Å². The van der Waals surface area contributed by atoms with E-state index < -0.39 is 0 Å². The SMILES string of the molecule is Cc1cccc(-n2nc(C(=O)NC3CCCc4ccccc43)nc2-c2ccco2)c1. The molecule has 2 heterocycles. The average molecular weight is 398 g/mol. The zero-order valence-electron chi connectivity index (χ0n) is 16.7. The Hall–Kier alpha value is -3.67. The summed E-state index contributed by atoms with van der Waals surface area (Å²) in [7, 11) is 0. The molecule has 150 valence electrons. The highest BCUT2D eigenvalue weighted by atomic mass is 16.3. The lowest BCUT2D eigenvalue weighted by Gasteiger charge is -2.25. The summed E-state index contributed by atoms with van der Waals surface area (Å²) in [5.74, 6) is 0.910. The van der Waals surface area contributed by atoms with Gasteiger partial charge in [-0.1, -0.05) is 36.4 Å². The van der Waals surface area contributed by atoms with Crippen molar-refractivity contribution >= 4 is 5.91 Å². The quantitative estimate of drug-likeness (QED) is 0.543. The summed E-state index contributed by atoms with van der Waals surface area (Å²) in [4.78, 5) is 17.6. The van der Waals surface area contributed by atoms with Crippen LogP contribution in [-0.4, -0.2) is 20.7 Å². The Balaban J connectivity index is 1.49. The molecule has 1 atom stereocenters. The van der Waals surface area contributed by atoms with Crippen LogP contribution >= 0.6 is 0 Å². The van der Waals surface area contributed by atoms with Crippen molar-refractivity contribution < 1.29 is 9.21 Å². The molecular formula is C24H22N4O2. The second kappa shape index (κ2) is 7.63. The van der Waals surface area contributed by atoms with Gasteiger partial charge in [-0.2, -0.15) is 4.98 Å². The van der Waals surface area contributed by atoms with Gasteiger partial charge in [0, 0.05) is 0 Å². The van der Waals surface area contributed by atoms with Crippen LogP contribution in [0, 0.1) is 6.92 Å². The summed E-state index contributed by atoms with van der Waals surface area (Å²) < 4.78 is 7.21. The minimum atomic E-state index is -0.282. The van der Waals surface area contributed by atoms with E-state index in [4.69, 9.17) is 4.42 Å². The van der Waals surface area contributed by atoms with Crippen LogP contribution in [0.1, 0.15) is 46.2 Å². The van der Waals surface area contributed by atoms with E-state index in [-0.39, 0.29) is 17.8 Å². The van der Waals surface area contributed by atoms with Crippen LogP contribution in [0.15, 0.2) is 71.3 Å². The number of carbonyl (C=O) groups is 1. The molecule has 1 aliphatic carbocycles. The van der Waals surface area contributed by atoms with Gasteiger partial charge in [0.1, 0.15) is 0 Å². The van der Waals surface area contributed by atoms with Crippen LogP contribution in [0.2, 0.25) is 0 Å². The van der Waals surface area contributed by atoms with E-state index in [1.54, 1.807) is 17.0 Å². The number of fused-ring (bicyclic) bond motifs is 1. The molecule has 0 saturated heterocycles. The molecule has 6 heteroatoms. The number of rotatable bonds is 4. The topological polar surface area (TPSA) is 73.0 Å². The van der Waals surface area contributed by atoms with Gasteiger partial charge < -0.3 is 9.73 Å². The van der Waals surface area contributed by atoms with Crippen molar-refractivity contribution in [1.29, 1.82) is 0 Å². The molecule has 1 unspecified atom stereocenters. The van der Waals surface area contributed by atoms with Gasteiger partial charge in [0.2, 0.25) is 5.82 Å². The molecule has 0 bridgehead atoms. The lowest BCUT2D eigenvalue weighted by Crippen LogP contribution is -2.31. The third-order valence-corrected chi connectivity index (χ3v) is 5.47. The molecule has 4 aromatic rings. The predicted molar refractivity (Wildman–Crippen MR) is 113 cm³/mol. The van der Waals surface area contributed by atoms with Crippen LogP contribution in [0.4, 0.5) is 0 Å². The lowest BCUT2D eigenvalue weighted by atomic mass is 9.88. The van der Waals surface area contributed by atoms with Crippen molar-refractivity contribution in [2.45, 2.75) is 32.2 Å². The van der Waals surface area contributed by atoms with Crippen molar-refractivity contribution in [2.75, 3.05) is 0 Å². The number of benzene rings is 2. The van der Waals surface area contributed by atoms with E-state index in [9.17, 15) is 4.79 Å². The van der Waals surface area contributed by atoms with Crippen molar-refractivity contribution in [3.8, 4) is 17.3 Å². The summed E-state index contributed by atoms with van der Waals surface area (Å²) in [5.41, 5.74) is 4.40. The zero-order chi connectivity index (χ0) is 20.5. The molecule has 30 heavy (non-hydrogen) atoms. The fourth-order valence-corrected chi connectivity index (χ4v) is 4.04. The number of aryl methyl sites for hydroxylation is 2. The first-order chi connectivity index (χ1) is 14.7. The van der Waals surface area contributed by atoms with Gasteiger partial charge in [-0.05, 0) is 67.1 Å². The number of aromatic nitrogens is 3. The van der Waals surface area contributed by atoms with Gasteiger partial charge in [-0.15, -0.1) is 5.10 Å². The van der Waals surface area contributed by atoms with Crippen LogP contribution in [0.25, 0.3) is 17.3 Å². The molecule has 1 N–H and O–H groups in total. The van der Waals surface area contributed by atoms with Crippen LogP contribution < -0.4 is 5.32 Å². The van der Waals surface area contributed by atoms with Crippen LogP contribution in [-0.2, 0) is 6.42 Å². The Morgan fingerprint density at radius 1 is 1.13 bits per heavy atom. The van der Waals surface area contributed by atoms with Gasteiger partial charge in [-0.25, -0.2) is 4.68 Å². The summed E-state index contributed by atoms with van der Waals surface area (Å²) >= 11 is 0. The fraction of sp³-hybridized carbons (Fsp3) is 0.208. The minimum Gasteiger partial charge on any atom is -0.461 e. The molecule has 2 aromatic carbocycles. The molecule has 0 radical (unpaired) electrons. The zero-order valence-corrected chi connectivity index (χ0v) is 16.7. The lowest BCUT2D eigenvalue weighted by molar-refractivity contribution is 0.0922. The standard InChI is InChI=1S/C24H22N4O2/c1-16-7-4-10-18(15-16)28-23(21-13-6-14-30-21)26-22(27-28)24(29)25-20-12-5-9-17-8-2-3-11-19(17)20/h2-4,6-8,10-11,13-15,20H,5,9,12H2,1H3,(H,25,29). The number of nitrogens with one attached hydrogen (secondary N) is 1. The second-order valence-corrected chi connectivity index (χ2v) is 7.60. The summed E-state index contributed by atoms with van der Waals surface area (Å²) in [6.45, 7) is 2.02. The van der Waals surface area contributed by atoms with Gasteiger partial charge in [0.15, 0.2) is 11.6 Å². The number of furan rings is 1. The monoisotopic (exact) mass is 398 g/mol. The van der Waals surface area contributed by atoms with E-state index in [2.05, 4.69) is 27.5 Å². The van der Waals surface area contributed by atoms with Crippen molar-refractivity contribution in [3.05, 3.63) is 89.4 Å². The van der Waals surface area contributed by atoms with E-state index in [1.807, 2.05) is 49.4 Å². The summed E-state index contributed by atoms with van der Waals surface area (Å²) in [6.07, 6.45) is 4.59. The molecule has 6 nitrogen and oxygen atoms in total. The maximum Gasteiger partial charge on any atom is 0.291 e. The van der Waals surface area contributed by atoms with E-state index >= 15 is 0 Å². The van der Waals surface area contributed by atoms with Crippen molar-refractivity contribution in [1.82, 2.24) is 20.1 Å². The highest BCUT2D eigenvalue weighted by Crippen LogP contribution is 2.30. The van der Waals surface area contributed by atoms with Gasteiger partial charge in [-0.3, -0.25) is 4.79 Å². The molecule has 0 saturated carbocycles. The number of carbonyl (C=O) groups excluding carboxylic acids is 1. The molecule has 1 aliphatic rings. The molecular weight excluding hydrogens is 376 g/mol. The summed E-state index contributed by atoms with van der Waals surface area (Å²) in [5, 5.41) is 7.66. The smallest absolute Gasteiger partial charge is 0.291 e. The Morgan fingerprint density at radius 2 is 2.03 bits per heavy atom. The Bertz CT molecular complexity index is 1190. The number of hydrogen-bond acceptors (Lipinski definition) is 4. The second-order valence-electron chi connectivity index (χ2n) is 7.60. The normalized spacial score (nSPS) is 15.6. The molecule has 0 fully saturated rings. The van der Waals surface area contributed by atoms with E-state index in [0.717, 1.165) is 30.5 Å². The Labute approximate surface area is 174 Å². The predicted octanol–water partition coefficient (Wildman–Crippen LogP) is 4.64. The maximum atomic E-state index is 13.1. The molecule has 0 aliphatic heterocycles. The first-order valence-electron chi connectivity index (χ1n) is 10.2. The molecule has 2 aromatic heterocycles. The van der Waals surface area contributed by atoms with Crippen molar-refractivity contribution in [3.63, 3.8) is 0 Å². The third-order valence-electron chi connectivity index (χ3n) is 5.47. The molecule has 5 rings (SSSR count). The van der Waals surface area contributed by atoms with E-state index in [0.29, 0.717) is 11.6 Å². The van der Waals surface area contributed by atoms with Gasteiger partial charge in [0.25, 0.3) is 5.91 Å². The Kier molecular flexibility index (Phi) is 4.67. The highest BCUT2D eigenvalue weighted by molar-refractivity contribution is 5.91. The number of hydrogen-bond donors (Lipinski definition) is 1. The number of nitrogens with zero attached hydrogens (tertiary/aromatic N) is 3. The van der Waals surface area contributed by atoms with E-state index in [1.165, 1.54) is 11.1 Å². The minimum absolute atomic E-state index is 0.0274. The largest absolute Gasteiger partial charge is 0.461 e. The highest BCUT2D eigenvalue weighted by Gasteiger charge is 2.25. The Morgan fingerprint density at radius 3 is 2.87 bits per heavy atom.